The highest BCUT2D eigenvalue weighted by Crippen LogP contribution is 2.27. The van der Waals surface area contributed by atoms with Crippen LogP contribution in [0, 0.1) is 6.92 Å². The number of nitrogens with one attached hydrogen (secondary N) is 2. The Hall–Kier alpha value is -1.55. The molecule has 0 amide bonds. The van der Waals surface area contributed by atoms with Crippen LogP contribution in [-0.2, 0) is 0 Å². The lowest BCUT2D eigenvalue weighted by molar-refractivity contribution is 0.193. The normalized spacial score (nSPS) is 20.8. The van der Waals surface area contributed by atoms with Crippen molar-refractivity contribution >= 4 is 10.9 Å². The van der Waals surface area contributed by atoms with E-state index in [1.165, 1.54) is 18.4 Å². The molecule has 1 aliphatic heterocycles. The van der Waals surface area contributed by atoms with Crippen LogP contribution in [0.25, 0.3) is 10.9 Å². The average molecular weight is 245 g/mol. The summed E-state index contributed by atoms with van der Waals surface area (Å²) in [5, 5.41) is 11.6. The molecule has 1 saturated heterocycles. The molecule has 2 heterocycles. The highest BCUT2D eigenvalue weighted by Gasteiger charge is 2.15. The predicted molar refractivity (Wildman–Crippen MR) is 72.0 cm³/mol. The molecule has 1 atom stereocenters. The van der Waals surface area contributed by atoms with Crippen LogP contribution < -0.4 is 10.1 Å². The minimum absolute atomic E-state index is 0.288. The number of H-pyrrole nitrogens is 1. The minimum atomic E-state index is 0.288. The summed E-state index contributed by atoms with van der Waals surface area (Å²) < 4.78 is 6.14. The van der Waals surface area contributed by atoms with E-state index in [1.807, 2.05) is 18.3 Å². The summed E-state index contributed by atoms with van der Waals surface area (Å²) in [5.41, 5.74) is 2.24. The number of hydrogen-bond donors (Lipinski definition) is 2. The summed E-state index contributed by atoms with van der Waals surface area (Å²) in [6.45, 7) is 4.15. The van der Waals surface area contributed by atoms with E-state index in [0.717, 1.165) is 36.2 Å². The molecule has 0 bridgehead atoms. The molecule has 0 aliphatic carbocycles. The fourth-order valence-corrected chi connectivity index (χ4v) is 2.53. The summed E-state index contributed by atoms with van der Waals surface area (Å²) >= 11 is 0. The molecule has 4 heteroatoms. The van der Waals surface area contributed by atoms with E-state index in [1.54, 1.807) is 0 Å². The second kappa shape index (κ2) is 4.98. The average Bonchev–Trinajstić information content (AvgIpc) is 2.71. The number of nitrogens with zero attached hydrogens (tertiary/aromatic N) is 1. The number of hydrogen-bond acceptors (Lipinski definition) is 3. The molecule has 0 radical (unpaired) electrons. The Labute approximate surface area is 107 Å². The van der Waals surface area contributed by atoms with Gasteiger partial charge in [0.25, 0.3) is 0 Å². The highest BCUT2D eigenvalue weighted by atomic mass is 16.5. The topological polar surface area (TPSA) is 49.9 Å². The molecule has 96 valence electrons. The van der Waals surface area contributed by atoms with Crippen molar-refractivity contribution in [3.63, 3.8) is 0 Å². The van der Waals surface area contributed by atoms with Gasteiger partial charge in [0.05, 0.1) is 11.7 Å². The smallest absolute Gasteiger partial charge is 0.123 e. The highest BCUT2D eigenvalue weighted by molar-refractivity contribution is 5.83. The van der Waals surface area contributed by atoms with Gasteiger partial charge in [-0.05, 0) is 44.9 Å². The lowest BCUT2D eigenvalue weighted by Gasteiger charge is -2.18. The molecule has 4 nitrogen and oxygen atoms in total. The van der Waals surface area contributed by atoms with Gasteiger partial charge in [-0.3, -0.25) is 5.10 Å². The zero-order chi connectivity index (χ0) is 12.4. The number of ether oxygens (including phenoxy) is 1. The first kappa shape index (κ1) is 11.5. The number of fused-ring (bicyclic) bond motifs is 1. The van der Waals surface area contributed by atoms with E-state index in [0.29, 0.717) is 0 Å². The van der Waals surface area contributed by atoms with Gasteiger partial charge >= 0.3 is 0 Å². The number of rotatable bonds is 2. The van der Waals surface area contributed by atoms with Crippen molar-refractivity contribution in [2.45, 2.75) is 32.3 Å². The van der Waals surface area contributed by atoms with Crippen molar-refractivity contribution in [2.75, 3.05) is 13.1 Å². The van der Waals surface area contributed by atoms with Crippen LogP contribution in [0.1, 0.15) is 24.8 Å². The molecule has 1 aliphatic rings. The predicted octanol–water partition coefficient (Wildman–Crippen LogP) is 2.39. The Morgan fingerprint density at radius 2 is 2.28 bits per heavy atom. The molecule has 1 aromatic carbocycles. The van der Waals surface area contributed by atoms with Crippen molar-refractivity contribution in [2.24, 2.45) is 0 Å². The molecule has 2 aromatic rings. The van der Waals surface area contributed by atoms with Gasteiger partial charge in [0.2, 0.25) is 0 Å². The summed E-state index contributed by atoms with van der Waals surface area (Å²) in [4.78, 5) is 0. The largest absolute Gasteiger partial charge is 0.489 e. The number of aromatic amines is 1. The Morgan fingerprint density at radius 3 is 3.22 bits per heavy atom. The van der Waals surface area contributed by atoms with Crippen molar-refractivity contribution < 1.29 is 4.74 Å². The van der Waals surface area contributed by atoms with Gasteiger partial charge < -0.3 is 10.1 Å². The minimum Gasteiger partial charge on any atom is -0.489 e. The standard InChI is InChI=1S/C14H19N3O/c1-10-12-9-16-17-13(12)5-6-14(10)18-11-4-2-3-7-15-8-11/h5-6,9,11,15H,2-4,7-8H2,1H3,(H,16,17). The first-order chi connectivity index (χ1) is 8.84. The SMILES string of the molecule is Cc1c(OC2CCCCNC2)ccc2[nH]ncc12. The molecule has 1 fully saturated rings. The number of benzene rings is 1. The molecule has 0 saturated carbocycles. The van der Waals surface area contributed by atoms with Crippen molar-refractivity contribution in [1.82, 2.24) is 15.5 Å². The molecule has 0 spiro atoms. The van der Waals surface area contributed by atoms with Crippen LogP contribution in [0.15, 0.2) is 18.3 Å². The van der Waals surface area contributed by atoms with Gasteiger partial charge in [-0.25, -0.2) is 0 Å². The fraction of sp³-hybridized carbons (Fsp3) is 0.500. The van der Waals surface area contributed by atoms with E-state index >= 15 is 0 Å². The van der Waals surface area contributed by atoms with E-state index < -0.39 is 0 Å². The monoisotopic (exact) mass is 245 g/mol. The molecule has 3 rings (SSSR count). The van der Waals surface area contributed by atoms with Gasteiger partial charge in [-0.2, -0.15) is 5.10 Å². The lowest BCUT2D eigenvalue weighted by Crippen LogP contribution is -2.29. The second-order valence-corrected chi connectivity index (χ2v) is 4.96. The third-order valence-electron chi connectivity index (χ3n) is 3.64. The van der Waals surface area contributed by atoms with E-state index in [-0.39, 0.29) is 6.10 Å². The van der Waals surface area contributed by atoms with Crippen LogP contribution in [0.2, 0.25) is 0 Å². The van der Waals surface area contributed by atoms with Gasteiger partial charge in [0.1, 0.15) is 11.9 Å². The maximum Gasteiger partial charge on any atom is 0.123 e. The van der Waals surface area contributed by atoms with Crippen LogP contribution in [0.3, 0.4) is 0 Å². The van der Waals surface area contributed by atoms with Crippen LogP contribution >= 0.6 is 0 Å². The third kappa shape index (κ3) is 2.20. The number of aromatic nitrogens is 2. The molecular formula is C14H19N3O. The molecule has 1 unspecified atom stereocenters. The Bertz CT molecular complexity index is 527. The maximum absolute atomic E-state index is 6.14. The van der Waals surface area contributed by atoms with Crippen LogP contribution in [-0.4, -0.2) is 29.4 Å². The van der Waals surface area contributed by atoms with Crippen molar-refractivity contribution in [3.05, 3.63) is 23.9 Å². The van der Waals surface area contributed by atoms with Crippen molar-refractivity contribution in [3.8, 4) is 5.75 Å². The molecular weight excluding hydrogens is 226 g/mol. The zero-order valence-corrected chi connectivity index (χ0v) is 10.7. The fourth-order valence-electron chi connectivity index (χ4n) is 2.53. The first-order valence-corrected chi connectivity index (χ1v) is 6.64. The van der Waals surface area contributed by atoms with Gasteiger partial charge in [0.15, 0.2) is 0 Å². The molecule has 2 N–H and O–H groups in total. The quantitative estimate of drug-likeness (QED) is 0.854. The summed E-state index contributed by atoms with van der Waals surface area (Å²) in [7, 11) is 0. The van der Waals surface area contributed by atoms with Gasteiger partial charge in [-0.15, -0.1) is 0 Å². The maximum atomic E-state index is 6.14. The number of aryl methyl sites for hydroxylation is 1. The van der Waals surface area contributed by atoms with E-state index in [2.05, 4.69) is 22.4 Å². The molecule has 18 heavy (non-hydrogen) atoms. The van der Waals surface area contributed by atoms with Crippen LogP contribution in [0.4, 0.5) is 0 Å². The Balaban J connectivity index is 1.82. The Morgan fingerprint density at radius 1 is 1.33 bits per heavy atom. The third-order valence-corrected chi connectivity index (χ3v) is 3.64. The summed E-state index contributed by atoms with van der Waals surface area (Å²) in [6, 6.07) is 4.08. The summed E-state index contributed by atoms with van der Waals surface area (Å²) in [6.07, 6.45) is 5.78. The van der Waals surface area contributed by atoms with Gasteiger partial charge in [0, 0.05) is 17.5 Å². The zero-order valence-electron chi connectivity index (χ0n) is 10.7. The van der Waals surface area contributed by atoms with E-state index in [4.69, 9.17) is 4.74 Å². The van der Waals surface area contributed by atoms with E-state index in [9.17, 15) is 0 Å². The summed E-state index contributed by atoms with van der Waals surface area (Å²) in [5.74, 6) is 0.984. The van der Waals surface area contributed by atoms with Gasteiger partial charge in [-0.1, -0.05) is 0 Å². The van der Waals surface area contributed by atoms with Crippen molar-refractivity contribution in [1.29, 1.82) is 0 Å². The first-order valence-electron chi connectivity index (χ1n) is 6.64. The van der Waals surface area contributed by atoms with Crippen LogP contribution in [0.5, 0.6) is 5.75 Å². The second-order valence-electron chi connectivity index (χ2n) is 4.96. The molecule has 1 aromatic heterocycles. The Kier molecular flexibility index (Phi) is 3.19. The lowest BCUT2D eigenvalue weighted by atomic mass is 10.1.